The molecule has 0 aliphatic carbocycles. The van der Waals surface area contributed by atoms with Crippen molar-refractivity contribution in [2.45, 2.75) is 46.7 Å². The Kier molecular flexibility index (Phi) is 3.81. The minimum Gasteiger partial charge on any atom is -0.462 e. The molecule has 0 spiro atoms. The highest BCUT2D eigenvalue weighted by atomic mass is 16.3. The highest BCUT2D eigenvalue weighted by Crippen LogP contribution is 2.15. The molecule has 0 aliphatic heterocycles. The second-order valence-corrected chi connectivity index (χ2v) is 4.33. The Balaban J connectivity index is 2.24. The molecule has 0 fully saturated rings. The van der Waals surface area contributed by atoms with Gasteiger partial charge in [0.2, 0.25) is 0 Å². The van der Waals surface area contributed by atoms with Crippen LogP contribution in [0.15, 0.2) is 10.5 Å². The number of hydrogen-bond donors (Lipinski definition) is 1. The SMILES string of the molecule is CCc1nc(CC)n(Cc2cc(C)c(CN)o2)n1. The molecule has 0 saturated carbocycles. The molecule has 0 saturated heterocycles. The van der Waals surface area contributed by atoms with E-state index in [-0.39, 0.29) is 0 Å². The van der Waals surface area contributed by atoms with E-state index in [0.717, 1.165) is 41.6 Å². The van der Waals surface area contributed by atoms with Crippen LogP contribution in [0.1, 0.15) is 42.6 Å². The Morgan fingerprint density at radius 3 is 2.67 bits per heavy atom. The fourth-order valence-electron chi connectivity index (χ4n) is 1.98. The fraction of sp³-hybridized carbons (Fsp3) is 0.538. The first kappa shape index (κ1) is 12.8. The van der Waals surface area contributed by atoms with Gasteiger partial charge in [-0.2, -0.15) is 5.10 Å². The van der Waals surface area contributed by atoms with Gasteiger partial charge in [0.1, 0.15) is 23.9 Å². The van der Waals surface area contributed by atoms with Crippen LogP contribution >= 0.6 is 0 Å². The lowest BCUT2D eigenvalue weighted by molar-refractivity contribution is 0.439. The van der Waals surface area contributed by atoms with E-state index < -0.39 is 0 Å². The quantitative estimate of drug-likeness (QED) is 0.876. The molecule has 0 bridgehead atoms. The third kappa shape index (κ3) is 2.46. The molecule has 2 rings (SSSR count). The Hall–Kier alpha value is -1.62. The van der Waals surface area contributed by atoms with Gasteiger partial charge in [-0.25, -0.2) is 9.67 Å². The van der Waals surface area contributed by atoms with Crippen LogP contribution in [0.5, 0.6) is 0 Å². The normalized spacial score (nSPS) is 11.1. The Morgan fingerprint density at radius 2 is 2.11 bits per heavy atom. The lowest BCUT2D eigenvalue weighted by Gasteiger charge is -2.01. The molecule has 2 heterocycles. The van der Waals surface area contributed by atoms with Crippen LogP contribution in [0.4, 0.5) is 0 Å². The van der Waals surface area contributed by atoms with E-state index >= 15 is 0 Å². The van der Waals surface area contributed by atoms with Gasteiger partial charge in [-0.1, -0.05) is 13.8 Å². The van der Waals surface area contributed by atoms with Gasteiger partial charge >= 0.3 is 0 Å². The van der Waals surface area contributed by atoms with Crippen molar-refractivity contribution in [1.82, 2.24) is 14.8 Å². The molecular formula is C13H20N4O. The van der Waals surface area contributed by atoms with Crippen molar-refractivity contribution in [3.63, 3.8) is 0 Å². The summed E-state index contributed by atoms with van der Waals surface area (Å²) in [4.78, 5) is 4.48. The van der Waals surface area contributed by atoms with E-state index in [1.165, 1.54) is 0 Å². The van der Waals surface area contributed by atoms with Gasteiger partial charge in [-0.3, -0.25) is 0 Å². The average molecular weight is 248 g/mol. The first-order valence-electron chi connectivity index (χ1n) is 6.38. The molecule has 5 nitrogen and oxygen atoms in total. The van der Waals surface area contributed by atoms with Crippen LogP contribution < -0.4 is 5.73 Å². The summed E-state index contributed by atoms with van der Waals surface area (Å²) in [5.41, 5.74) is 6.71. The highest BCUT2D eigenvalue weighted by molar-refractivity contribution is 5.20. The second kappa shape index (κ2) is 5.35. The number of hydrogen-bond acceptors (Lipinski definition) is 4. The molecule has 18 heavy (non-hydrogen) atoms. The van der Waals surface area contributed by atoms with Crippen LogP contribution in [-0.4, -0.2) is 14.8 Å². The zero-order valence-corrected chi connectivity index (χ0v) is 11.2. The molecule has 2 aromatic heterocycles. The summed E-state index contributed by atoms with van der Waals surface area (Å²) in [6, 6.07) is 2.02. The summed E-state index contributed by atoms with van der Waals surface area (Å²) < 4.78 is 7.61. The Morgan fingerprint density at radius 1 is 1.33 bits per heavy atom. The van der Waals surface area contributed by atoms with Gasteiger partial charge in [0, 0.05) is 12.8 Å². The predicted octanol–water partition coefficient (Wildman–Crippen LogP) is 1.81. The van der Waals surface area contributed by atoms with Gasteiger partial charge in [-0.05, 0) is 18.6 Å². The largest absolute Gasteiger partial charge is 0.462 e. The van der Waals surface area contributed by atoms with E-state index in [4.69, 9.17) is 10.2 Å². The molecule has 2 N–H and O–H groups in total. The summed E-state index contributed by atoms with van der Waals surface area (Å²) in [7, 11) is 0. The number of nitrogens with zero attached hydrogens (tertiary/aromatic N) is 3. The average Bonchev–Trinajstić information content (AvgIpc) is 2.92. The number of aromatic nitrogens is 3. The molecular weight excluding hydrogens is 228 g/mol. The lowest BCUT2D eigenvalue weighted by Crippen LogP contribution is -2.05. The van der Waals surface area contributed by atoms with Crippen molar-refractivity contribution < 1.29 is 4.42 Å². The molecule has 5 heteroatoms. The summed E-state index contributed by atoms with van der Waals surface area (Å²) >= 11 is 0. The van der Waals surface area contributed by atoms with Crippen molar-refractivity contribution in [2.24, 2.45) is 5.73 Å². The van der Waals surface area contributed by atoms with Crippen LogP contribution in [0.25, 0.3) is 0 Å². The lowest BCUT2D eigenvalue weighted by atomic mass is 10.2. The first-order chi connectivity index (χ1) is 8.67. The maximum atomic E-state index is 5.70. The highest BCUT2D eigenvalue weighted by Gasteiger charge is 2.11. The standard InChI is InChI=1S/C13H20N4O/c1-4-12-15-13(5-2)17(16-12)8-10-6-9(3)11(7-14)18-10/h6H,4-5,7-8,14H2,1-3H3. The molecule has 0 aliphatic rings. The topological polar surface area (TPSA) is 69.9 Å². The first-order valence-corrected chi connectivity index (χ1v) is 6.38. The Bertz CT molecular complexity index is 527. The second-order valence-electron chi connectivity index (χ2n) is 4.33. The third-order valence-electron chi connectivity index (χ3n) is 2.99. The van der Waals surface area contributed by atoms with Crippen LogP contribution in [0.2, 0.25) is 0 Å². The predicted molar refractivity (Wildman–Crippen MR) is 69.2 cm³/mol. The van der Waals surface area contributed by atoms with Crippen LogP contribution in [-0.2, 0) is 25.9 Å². The zero-order chi connectivity index (χ0) is 13.1. The summed E-state index contributed by atoms with van der Waals surface area (Å²) in [6.07, 6.45) is 1.72. The molecule has 0 amide bonds. The molecule has 0 unspecified atom stereocenters. The number of aryl methyl sites for hydroxylation is 3. The third-order valence-corrected chi connectivity index (χ3v) is 2.99. The maximum absolute atomic E-state index is 5.70. The van der Waals surface area contributed by atoms with Crippen molar-refractivity contribution in [1.29, 1.82) is 0 Å². The summed E-state index contributed by atoms with van der Waals surface area (Å²) in [6.45, 7) is 7.21. The zero-order valence-electron chi connectivity index (χ0n) is 11.2. The van der Waals surface area contributed by atoms with E-state index in [9.17, 15) is 0 Å². The van der Waals surface area contributed by atoms with Gasteiger partial charge in [-0.15, -0.1) is 0 Å². The van der Waals surface area contributed by atoms with Gasteiger partial charge in [0.15, 0.2) is 5.82 Å². The smallest absolute Gasteiger partial charge is 0.150 e. The van der Waals surface area contributed by atoms with Gasteiger partial charge in [0.05, 0.1) is 6.54 Å². The molecule has 2 aromatic rings. The van der Waals surface area contributed by atoms with E-state index in [0.29, 0.717) is 13.1 Å². The van der Waals surface area contributed by atoms with E-state index in [1.807, 2.05) is 17.7 Å². The minimum atomic E-state index is 0.435. The van der Waals surface area contributed by atoms with Crippen molar-refractivity contribution in [3.05, 3.63) is 34.8 Å². The van der Waals surface area contributed by atoms with Crippen LogP contribution in [0.3, 0.4) is 0 Å². The molecule has 98 valence electrons. The van der Waals surface area contributed by atoms with E-state index in [2.05, 4.69) is 23.9 Å². The van der Waals surface area contributed by atoms with Crippen molar-refractivity contribution >= 4 is 0 Å². The van der Waals surface area contributed by atoms with Gasteiger partial charge in [0.25, 0.3) is 0 Å². The summed E-state index contributed by atoms with van der Waals surface area (Å²) in [5.74, 6) is 3.61. The summed E-state index contributed by atoms with van der Waals surface area (Å²) in [5, 5.41) is 4.47. The minimum absolute atomic E-state index is 0.435. The van der Waals surface area contributed by atoms with Crippen LogP contribution in [0, 0.1) is 6.92 Å². The fourth-order valence-corrected chi connectivity index (χ4v) is 1.98. The van der Waals surface area contributed by atoms with E-state index in [1.54, 1.807) is 0 Å². The Labute approximate surface area is 107 Å². The maximum Gasteiger partial charge on any atom is 0.150 e. The number of furan rings is 1. The molecule has 0 aromatic carbocycles. The monoisotopic (exact) mass is 248 g/mol. The number of rotatable bonds is 5. The van der Waals surface area contributed by atoms with Crippen molar-refractivity contribution in [2.75, 3.05) is 0 Å². The van der Waals surface area contributed by atoms with Gasteiger partial charge < -0.3 is 10.2 Å². The number of nitrogens with two attached hydrogens (primary N) is 1. The van der Waals surface area contributed by atoms with Crippen molar-refractivity contribution in [3.8, 4) is 0 Å². The molecule has 0 atom stereocenters. The molecule has 0 radical (unpaired) electrons.